The Morgan fingerprint density at radius 2 is 1.81 bits per heavy atom. The van der Waals surface area contributed by atoms with Crippen molar-refractivity contribution in [2.75, 3.05) is 44.1 Å². The predicted molar refractivity (Wildman–Crippen MR) is 107 cm³/mol. The minimum atomic E-state index is 0.495. The molecular formula is C20H25ClN4O2. The van der Waals surface area contributed by atoms with Gasteiger partial charge in [-0.3, -0.25) is 0 Å². The van der Waals surface area contributed by atoms with E-state index in [0.717, 1.165) is 54.9 Å². The summed E-state index contributed by atoms with van der Waals surface area (Å²) < 4.78 is 10.8. The molecule has 1 unspecified atom stereocenters. The van der Waals surface area contributed by atoms with Crippen LogP contribution in [0.5, 0.6) is 11.5 Å². The molecule has 1 saturated heterocycles. The lowest BCUT2D eigenvalue weighted by atomic mass is 10.1. The highest BCUT2D eigenvalue weighted by molar-refractivity contribution is 6.29. The minimum Gasteiger partial charge on any atom is -0.497 e. The first kappa shape index (κ1) is 18.2. The number of methoxy groups -OCH3 is 2. The Labute approximate surface area is 164 Å². The smallest absolute Gasteiger partial charge is 0.135 e. The van der Waals surface area contributed by atoms with Crippen LogP contribution in [0.3, 0.4) is 0 Å². The topological polar surface area (TPSA) is 59.5 Å². The number of ether oxygens (including phenoxy) is 2. The molecule has 2 aliphatic rings. The molecule has 6 nitrogen and oxygen atoms in total. The number of nitrogens with zero attached hydrogens (tertiary/aromatic N) is 3. The molecule has 7 heteroatoms. The van der Waals surface area contributed by atoms with Gasteiger partial charge in [0.2, 0.25) is 0 Å². The quantitative estimate of drug-likeness (QED) is 0.724. The average Bonchev–Trinajstić information content (AvgIpc) is 3.43. The molecule has 0 radical (unpaired) electrons. The van der Waals surface area contributed by atoms with Crippen molar-refractivity contribution in [1.82, 2.24) is 9.97 Å². The Morgan fingerprint density at radius 1 is 1.07 bits per heavy atom. The lowest BCUT2D eigenvalue weighted by Crippen LogP contribution is -2.22. The summed E-state index contributed by atoms with van der Waals surface area (Å²) in [7, 11) is 3.36. The Bertz CT molecular complexity index is 790. The number of halogens is 1. The molecule has 0 amide bonds. The summed E-state index contributed by atoms with van der Waals surface area (Å²) in [5.41, 5.74) is 1.13. The van der Waals surface area contributed by atoms with Gasteiger partial charge >= 0.3 is 0 Å². The molecule has 144 valence electrons. The van der Waals surface area contributed by atoms with Gasteiger partial charge in [-0.1, -0.05) is 11.6 Å². The van der Waals surface area contributed by atoms with Gasteiger partial charge in [-0.2, -0.15) is 0 Å². The molecule has 1 atom stereocenters. The Morgan fingerprint density at radius 3 is 2.48 bits per heavy atom. The van der Waals surface area contributed by atoms with E-state index in [1.807, 2.05) is 12.1 Å². The van der Waals surface area contributed by atoms with Crippen LogP contribution in [0.1, 0.15) is 31.0 Å². The van der Waals surface area contributed by atoms with Gasteiger partial charge in [0.15, 0.2) is 0 Å². The van der Waals surface area contributed by atoms with Gasteiger partial charge in [0.25, 0.3) is 0 Å². The zero-order valence-electron chi connectivity index (χ0n) is 15.7. The summed E-state index contributed by atoms with van der Waals surface area (Å²) >= 11 is 6.15. The van der Waals surface area contributed by atoms with Crippen molar-refractivity contribution in [3.8, 4) is 11.5 Å². The summed E-state index contributed by atoms with van der Waals surface area (Å²) in [6.45, 7) is 2.87. The van der Waals surface area contributed by atoms with Crippen LogP contribution in [-0.2, 0) is 0 Å². The third kappa shape index (κ3) is 4.38. The fourth-order valence-corrected chi connectivity index (χ4v) is 3.70. The maximum atomic E-state index is 6.15. The molecule has 2 heterocycles. The van der Waals surface area contributed by atoms with Crippen LogP contribution in [0.25, 0.3) is 0 Å². The van der Waals surface area contributed by atoms with Crippen molar-refractivity contribution in [1.29, 1.82) is 0 Å². The number of hydrogen-bond donors (Lipinski definition) is 1. The highest BCUT2D eigenvalue weighted by Gasteiger charge is 2.28. The maximum absolute atomic E-state index is 6.15. The van der Waals surface area contributed by atoms with E-state index in [1.54, 1.807) is 14.2 Å². The van der Waals surface area contributed by atoms with Crippen LogP contribution in [0.2, 0.25) is 5.15 Å². The van der Waals surface area contributed by atoms with Crippen molar-refractivity contribution in [3.05, 3.63) is 35.2 Å². The first-order chi connectivity index (χ1) is 13.1. The van der Waals surface area contributed by atoms with Crippen LogP contribution in [-0.4, -0.2) is 43.8 Å². The zero-order valence-corrected chi connectivity index (χ0v) is 16.5. The van der Waals surface area contributed by atoms with Gasteiger partial charge in [0.05, 0.1) is 14.2 Å². The second kappa shape index (κ2) is 7.80. The average molecular weight is 389 g/mol. The standard InChI is InChI=1S/C20H25ClN4O2/c1-26-16-7-15(8-17(9-16)27-2)25-6-5-13(12-25)11-22-19-10-18(21)23-20(24-19)14-3-4-14/h7-10,13-14H,3-6,11-12H2,1-2H3,(H,22,23,24). The molecule has 1 aromatic carbocycles. The molecule has 0 bridgehead atoms. The second-order valence-corrected chi connectivity index (χ2v) is 7.65. The molecule has 27 heavy (non-hydrogen) atoms. The van der Waals surface area contributed by atoms with Crippen molar-refractivity contribution in [2.24, 2.45) is 5.92 Å². The van der Waals surface area contributed by atoms with Crippen molar-refractivity contribution < 1.29 is 9.47 Å². The molecule has 1 aliphatic heterocycles. The van der Waals surface area contributed by atoms with Gasteiger partial charge in [-0.25, -0.2) is 9.97 Å². The number of anilines is 2. The van der Waals surface area contributed by atoms with Crippen molar-refractivity contribution in [2.45, 2.75) is 25.2 Å². The van der Waals surface area contributed by atoms with E-state index >= 15 is 0 Å². The normalized spacial score (nSPS) is 19.2. The van der Waals surface area contributed by atoms with E-state index in [0.29, 0.717) is 17.0 Å². The molecule has 1 aliphatic carbocycles. The Hall–Kier alpha value is -2.21. The summed E-state index contributed by atoms with van der Waals surface area (Å²) in [6, 6.07) is 7.83. The van der Waals surface area contributed by atoms with E-state index in [1.165, 1.54) is 12.8 Å². The van der Waals surface area contributed by atoms with E-state index < -0.39 is 0 Å². The molecule has 1 aromatic heterocycles. The van der Waals surface area contributed by atoms with Gasteiger partial charge in [-0.05, 0) is 25.2 Å². The van der Waals surface area contributed by atoms with E-state index in [2.05, 4.69) is 32.3 Å². The second-order valence-electron chi connectivity index (χ2n) is 7.26. The number of aromatic nitrogens is 2. The van der Waals surface area contributed by atoms with Crippen molar-refractivity contribution >= 4 is 23.1 Å². The van der Waals surface area contributed by atoms with Crippen LogP contribution in [0.15, 0.2) is 24.3 Å². The van der Waals surface area contributed by atoms with E-state index in [4.69, 9.17) is 21.1 Å². The third-order valence-electron chi connectivity index (χ3n) is 5.21. The highest BCUT2D eigenvalue weighted by atomic mass is 35.5. The van der Waals surface area contributed by atoms with Gasteiger partial charge in [0.1, 0.15) is 28.3 Å². The zero-order chi connectivity index (χ0) is 18.8. The summed E-state index contributed by atoms with van der Waals surface area (Å²) in [6.07, 6.45) is 3.46. The molecule has 2 aromatic rings. The summed E-state index contributed by atoms with van der Waals surface area (Å²) in [5.74, 6) is 4.37. The SMILES string of the molecule is COc1cc(OC)cc(N2CCC(CNc3cc(Cl)nc(C4CC4)n3)C2)c1. The largest absolute Gasteiger partial charge is 0.497 e. The fourth-order valence-electron chi connectivity index (χ4n) is 3.51. The van der Waals surface area contributed by atoms with Crippen LogP contribution in [0, 0.1) is 5.92 Å². The number of nitrogens with one attached hydrogen (secondary N) is 1. The summed E-state index contributed by atoms with van der Waals surface area (Å²) in [4.78, 5) is 11.3. The molecular weight excluding hydrogens is 364 g/mol. The van der Waals surface area contributed by atoms with Crippen LogP contribution in [0.4, 0.5) is 11.5 Å². The van der Waals surface area contributed by atoms with Crippen LogP contribution < -0.4 is 19.7 Å². The number of benzene rings is 1. The van der Waals surface area contributed by atoms with Gasteiger partial charge < -0.3 is 19.7 Å². The van der Waals surface area contributed by atoms with Gasteiger partial charge in [0, 0.05) is 55.5 Å². The van der Waals surface area contributed by atoms with E-state index in [9.17, 15) is 0 Å². The first-order valence-electron chi connectivity index (χ1n) is 9.41. The maximum Gasteiger partial charge on any atom is 0.135 e. The molecule has 4 rings (SSSR count). The molecule has 0 spiro atoms. The molecule has 1 saturated carbocycles. The highest BCUT2D eigenvalue weighted by Crippen LogP contribution is 2.39. The Kier molecular flexibility index (Phi) is 5.25. The Balaban J connectivity index is 1.37. The van der Waals surface area contributed by atoms with Gasteiger partial charge in [-0.15, -0.1) is 0 Å². The van der Waals surface area contributed by atoms with Crippen LogP contribution >= 0.6 is 11.6 Å². The first-order valence-corrected chi connectivity index (χ1v) is 9.79. The lowest BCUT2D eigenvalue weighted by Gasteiger charge is -2.20. The molecule has 1 N–H and O–H groups in total. The number of rotatable bonds is 7. The van der Waals surface area contributed by atoms with Crippen molar-refractivity contribution in [3.63, 3.8) is 0 Å². The monoisotopic (exact) mass is 388 g/mol. The fraction of sp³-hybridized carbons (Fsp3) is 0.500. The molecule has 2 fully saturated rings. The minimum absolute atomic E-state index is 0.495. The summed E-state index contributed by atoms with van der Waals surface area (Å²) in [5, 5.41) is 3.98. The number of hydrogen-bond acceptors (Lipinski definition) is 6. The van der Waals surface area contributed by atoms with E-state index in [-0.39, 0.29) is 0 Å². The lowest BCUT2D eigenvalue weighted by molar-refractivity contribution is 0.394. The predicted octanol–water partition coefficient (Wildman–Crippen LogP) is 3.96. The third-order valence-corrected chi connectivity index (χ3v) is 5.41.